The van der Waals surface area contributed by atoms with E-state index in [1.807, 2.05) is 20.8 Å². The molecule has 0 fully saturated rings. The van der Waals surface area contributed by atoms with Crippen molar-refractivity contribution in [1.29, 1.82) is 0 Å². The summed E-state index contributed by atoms with van der Waals surface area (Å²) < 4.78 is 10.9. The molecule has 0 aromatic rings. The molecule has 0 spiro atoms. The van der Waals surface area contributed by atoms with Crippen LogP contribution in [0.4, 0.5) is 0 Å². The molecule has 0 saturated heterocycles. The van der Waals surface area contributed by atoms with Crippen LogP contribution in [-0.4, -0.2) is 83.8 Å². The van der Waals surface area contributed by atoms with E-state index in [1.165, 1.54) is 0 Å². The molecule has 5 N–H and O–H groups in total. The van der Waals surface area contributed by atoms with Gasteiger partial charge in [0.1, 0.15) is 17.9 Å². The second-order valence-electron chi connectivity index (χ2n) is 15.9. The van der Waals surface area contributed by atoms with Crippen molar-refractivity contribution in [2.24, 2.45) is 5.92 Å². The fraction of sp³-hybridized carbons (Fsp3) is 0.867. The molecule has 0 radical (unpaired) electrons. The van der Waals surface area contributed by atoms with Gasteiger partial charge in [0.05, 0.1) is 13.2 Å². The summed E-state index contributed by atoms with van der Waals surface area (Å²) in [6.07, 6.45) is 20.4. The van der Waals surface area contributed by atoms with Crippen molar-refractivity contribution in [1.82, 2.24) is 16.0 Å². The summed E-state index contributed by atoms with van der Waals surface area (Å²) in [7, 11) is 0. The van der Waals surface area contributed by atoms with E-state index in [9.17, 15) is 39.0 Å². The number of Topliss-reactive ketones (excluding diaryl/α,β-unsaturated/α-hetero) is 1. The summed E-state index contributed by atoms with van der Waals surface area (Å²) in [5.41, 5.74) is 0. The van der Waals surface area contributed by atoms with Crippen LogP contribution in [0.2, 0.25) is 0 Å². The molecule has 0 aromatic heterocycles. The maximum absolute atomic E-state index is 12.7. The molecule has 0 aromatic carbocycles. The molecular formula is C45H83N3O10. The number of rotatable bonds is 40. The Balaban J connectivity index is 4.02. The van der Waals surface area contributed by atoms with Gasteiger partial charge in [-0.2, -0.15) is 0 Å². The maximum atomic E-state index is 12.7. The van der Waals surface area contributed by atoms with Gasteiger partial charge in [-0.15, -0.1) is 0 Å². The molecule has 0 rings (SSSR count). The first kappa shape index (κ1) is 54.9. The molecule has 58 heavy (non-hydrogen) atoms. The maximum Gasteiger partial charge on any atom is 0.328 e. The predicted octanol–water partition coefficient (Wildman–Crippen LogP) is 7.66. The molecule has 0 aliphatic heterocycles. The number of hydrogen-bond acceptors (Lipinski definition) is 10. The lowest BCUT2D eigenvalue weighted by Gasteiger charge is -2.17. The Morgan fingerprint density at radius 1 is 0.483 bits per heavy atom. The molecule has 13 nitrogen and oxygen atoms in total. The number of aliphatic hydroxyl groups is 2. The van der Waals surface area contributed by atoms with Crippen LogP contribution in [0.1, 0.15) is 207 Å². The van der Waals surface area contributed by atoms with Crippen LogP contribution in [-0.2, 0) is 38.2 Å². The topological polar surface area (TPSA) is 197 Å². The first-order valence-corrected chi connectivity index (χ1v) is 23.0. The zero-order chi connectivity index (χ0) is 43.2. The molecule has 338 valence electrons. The third kappa shape index (κ3) is 32.8. The third-order valence-corrected chi connectivity index (χ3v) is 10.4. The normalized spacial score (nSPS) is 12.7. The standard InChI is InChI=1S/C45H83N3O10/c1-5-26-38(47-41(51)31-20-14-9-8-12-18-28-36(4)49)44(55)57-34-24-16-17-25-35-58-45(56)39(27-6-2)48-42(52)32-21-15-11-10-13-19-30-40(50)46-33-23-22-29-37(7-3)43(53)54/h37-39,43,53-54H,5-35H2,1-4H3,(H,46,50)(H,47,51)(H,48,52). The molecule has 0 heterocycles. The number of ketones is 1. The molecule has 3 unspecified atom stereocenters. The van der Waals surface area contributed by atoms with Crippen LogP contribution < -0.4 is 16.0 Å². The number of amides is 3. The van der Waals surface area contributed by atoms with Gasteiger partial charge < -0.3 is 40.4 Å². The van der Waals surface area contributed by atoms with E-state index < -0.39 is 30.3 Å². The highest BCUT2D eigenvalue weighted by Crippen LogP contribution is 2.16. The summed E-state index contributed by atoms with van der Waals surface area (Å²) in [5, 5.41) is 27.2. The number of carbonyl (C=O) groups excluding carboxylic acids is 6. The number of nitrogens with one attached hydrogen (secondary N) is 3. The highest BCUT2D eigenvalue weighted by atomic mass is 16.5. The van der Waals surface area contributed by atoms with Crippen molar-refractivity contribution < 1.29 is 48.5 Å². The van der Waals surface area contributed by atoms with Crippen molar-refractivity contribution in [3.8, 4) is 0 Å². The summed E-state index contributed by atoms with van der Waals surface area (Å²) in [5.74, 6) is -0.923. The average molecular weight is 826 g/mol. The van der Waals surface area contributed by atoms with E-state index in [2.05, 4.69) is 16.0 Å². The summed E-state index contributed by atoms with van der Waals surface area (Å²) in [6, 6.07) is -1.29. The minimum Gasteiger partial charge on any atom is -0.464 e. The molecule has 0 aliphatic carbocycles. The fourth-order valence-corrected chi connectivity index (χ4v) is 6.77. The van der Waals surface area contributed by atoms with Crippen molar-refractivity contribution in [2.75, 3.05) is 19.8 Å². The van der Waals surface area contributed by atoms with Crippen LogP contribution in [0.5, 0.6) is 0 Å². The first-order chi connectivity index (χ1) is 27.9. The number of unbranched alkanes of at least 4 members (excludes halogenated alkanes) is 14. The Morgan fingerprint density at radius 2 is 0.879 bits per heavy atom. The molecule has 0 aliphatic rings. The van der Waals surface area contributed by atoms with Gasteiger partial charge in [-0.05, 0) is 90.4 Å². The number of esters is 2. The van der Waals surface area contributed by atoms with E-state index in [-0.39, 0.29) is 42.6 Å². The van der Waals surface area contributed by atoms with E-state index in [0.717, 1.165) is 128 Å². The van der Waals surface area contributed by atoms with Crippen LogP contribution >= 0.6 is 0 Å². The number of hydrogen-bond donors (Lipinski definition) is 5. The first-order valence-electron chi connectivity index (χ1n) is 23.0. The Kier molecular flexibility index (Phi) is 36.1. The summed E-state index contributed by atoms with van der Waals surface area (Å²) >= 11 is 0. The monoisotopic (exact) mass is 826 g/mol. The van der Waals surface area contributed by atoms with Gasteiger partial charge in [0.25, 0.3) is 0 Å². The van der Waals surface area contributed by atoms with Crippen LogP contribution in [0.15, 0.2) is 0 Å². The van der Waals surface area contributed by atoms with Gasteiger partial charge in [-0.1, -0.05) is 91.4 Å². The van der Waals surface area contributed by atoms with Crippen molar-refractivity contribution in [3.05, 3.63) is 0 Å². The lowest BCUT2D eigenvalue weighted by atomic mass is 9.99. The zero-order valence-corrected chi connectivity index (χ0v) is 36.9. The van der Waals surface area contributed by atoms with Crippen LogP contribution in [0.3, 0.4) is 0 Å². The van der Waals surface area contributed by atoms with Crippen molar-refractivity contribution >= 4 is 35.4 Å². The number of ether oxygens (including phenoxy) is 2. The lowest BCUT2D eigenvalue weighted by Crippen LogP contribution is -2.41. The molecular weight excluding hydrogens is 743 g/mol. The fourth-order valence-electron chi connectivity index (χ4n) is 6.77. The Bertz CT molecular complexity index is 1100. The molecule has 3 atom stereocenters. The van der Waals surface area contributed by atoms with Gasteiger partial charge in [-0.3, -0.25) is 14.4 Å². The highest BCUT2D eigenvalue weighted by Gasteiger charge is 2.22. The average Bonchev–Trinajstić information content (AvgIpc) is 3.18. The third-order valence-electron chi connectivity index (χ3n) is 10.4. The number of aliphatic hydroxyl groups excluding tert-OH is 1. The summed E-state index contributed by atoms with van der Waals surface area (Å²) in [6.45, 7) is 8.61. The van der Waals surface area contributed by atoms with E-state index in [0.29, 0.717) is 57.9 Å². The lowest BCUT2D eigenvalue weighted by molar-refractivity contribution is -0.149. The Morgan fingerprint density at radius 3 is 1.28 bits per heavy atom. The van der Waals surface area contributed by atoms with Gasteiger partial charge in [-0.25, -0.2) is 9.59 Å². The molecule has 3 amide bonds. The van der Waals surface area contributed by atoms with E-state index >= 15 is 0 Å². The number of carbonyl (C=O) groups is 6. The van der Waals surface area contributed by atoms with Crippen LogP contribution in [0.25, 0.3) is 0 Å². The smallest absolute Gasteiger partial charge is 0.328 e. The van der Waals surface area contributed by atoms with Crippen molar-refractivity contribution in [3.63, 3.8) is 0 Å². The van der Waals surface area contributed by atoms with Crippen LogP contribution in [0, 0.1) is 5.92 Å². The zero-order valence-electron chi connectivity index (χ0n) is 36.9. The van der Waals surface area contributed by atoms with Gasteiger partial charge in [0.15, 0.2) is 6.29 Å². The summed E-state index contributed by atoms with van der Waals surface area (Å²) in [4.78, 5) is 73.4. The van der Waals surface area contributed by atoms with Gasteiger partial charge >= 0.3 is 11.9 Å². The molecule has 13 heteroatoms. The van der Waals surface area contributed by atoms with E-state index in [1.54, 1.807) is 6.92 Å². The largest absolute Gasteiger partial charge is 0.464 e. The quantitative estimate of drug-likeness (QED) is 0.0232. The minimum absolute atomic E-state index is 0.0513. The minimum atomic E-state index is -1.28. The second-order valence-corrected chi connectivity index (χ2v) is 15.9. The van der Waals surface area contributed by atoms with E-state index in [4.69, 9.17) is 9.47 Å². The SMILES string of the molecule is CCCC(NC(=O)CCCCCCCCC(C)=O)C(=O)OCCCCCCOC(=O)C(CCC)NC(=O)CCCCCCCCC(=O)NCCCCC(CC)C(O)O. The van der Waals surface area contributed by atoms with Crippen molar-refractivity contribution in [2.45, 2.75) is 226 Å². The molecule has 0 saturated carbocycles. The molecule has 0 bridgehead atoms. The highest BCUT2D eigenvalue weighted by molar-refractivity contribution is 5.85. The van der Waals surface area contributed by atoms with Gasteiger partial charge in [0, 0.05) is 38.1 Å². The van der Waals surface area contributed by atoms with Gasteiger partial charge in [0.2, 0.25) is 17.7 Å². The predicted molar refractivity (Wildman–Crippen MR) is 227 cm³/mol. The Hall–Kier alpha value is -3.06. The Labute approximate surface area is 350 Å². The second kappa shape index (κ2) is 38.2.